The Labute approximate surface area is 158 Å². The summed E-state index contributed by atoms with van der Waals surface area (Å²) >= 11 is 0. The molecule has 0 fully saturated rings. The Morgan fingerprint density at radius 1 is 1.07 bits per heavy atom. The summed E-state index contributed by atoms with van der Waals surface area (Å²) in [6.07, 6.45) is -0.296. The third-order valence-corrected chi connectivity index (χ3v) is 4.88. The maximum absolute atomic E-state index is 12.8. The van der Waals surface area contributed by atoms with Crippen molar-refractivity contribution in [2.45, 2.75) is 11.3 Å². The SMILES string of the molecule is O=C(CCNS(=O)(=O)c1ccc(F)cc1)NNC(=O)c1cccc([N+](=O)[O-])c1. The molecule has 0 radical (unpaired) electrons. The molecule has 12 heteroatoms. The molecule has 148 valence electrons. The highest BCUT2D eigenvalue weighted by Crippen LogP contribution is 2.12. The first-order valence-corrected chi connectivity index (χ1v) is 9.26. The summed E-state index contributed by atoms with van der Waals surface area (Å²) in [5, 5.41) is 10.7. The van der Waals surface area contributed by atoms with Crippen LogP contribution in [0.15, 0.2) is 53.4 Å². The van der Waals surface area contributed by atoms with E-state index in [1.807, 2.05) is 0 Å². The summed E-state index contributed by atoms with van der Waals surface area (Å²) in [4.78, 5) is 33.4. The highest BCUT2D eigenvalue weighted by atomic mass is 32.2. The molecular weight excluding hydrogens is 395 g/mol. The van der Waals surface area contributed by atoms with E-state index in [1.54, 1.807) is 0 Å². The van der Waals surface area contributed by atoms with Crippen molar-refractivity contribution in [2.75, 3.05) is 6.54 Å². The summed E-state index contributed by atoms with van der Waals surface area (Å²) in [5.74, 6) is -2.05. The second-order valence-electron chi connectivity index (χ2n) is 5.41. The molecule has 0 bridgehead atoms. The first-order chi connectivity index (χ1) is 13.2. The molecule has 10 nitrogen and oxygen atoms in total. The normalized spacial score (nSPS) is 10.9. The first-order valence-electron chi connectivity index (χ1n) is 7.78. The van der Waals surface area contributed by atoms with Crippen molar-refractivity contribution in [3.05, 3.63) is 70.0 Å². The minimum atomic E-state index is -3.91. The average Bonchev–Trinajstić information content (AvgIpc) is 2.66. The number of nitrogens with one attached hydrogen (secondary N) is 3. The van der Waals surface area contributed by atoms with Crippen molar-refractivity contribution in [2.24, 2.45) is 0 Å². The van der Waals surface area contributed by atoms with Crippen LogP contribution in [0.4, 0.5) is 10.1 Å². The van der Waals surface area contributed by atoms with Crippen LogP contribution in [-0.2, 0) is 14.8 Å². The van der Waals surface area contributed by atoms with Crippen LogP contribution in [0.5, 0.6) is 0 Å². The van der Waals surface area contributed by atoms with Crippen LogP contribution < -0.4 is 15.6 Å². The Hall–Kier alpha value is -3.38. The molecule has 2 aromatic carbocycles. The number of rotatable bonds is 7. The van der Waals surface area contributed by atoms with E-state index in [2.05, 4.69) is 15.6 Å². The molecule has 28 heavy (non-hydrogen) atoms. The Bertz CT molecular complexity index is 994. The molecule has 0 aromatic heterocycles. The van der Waals surface area contributed by atoms with E-state index in [4.69, 9.17) is 0 Å². The minimum absolute atomic E-state index is 0.0356. The molecule has 0 saturated heterocycles. The van der Waals surface area contributed by atoms with E-state index >= 15 is 0 Å². The standard InChI is InChI=1S/C16H15FN4O6S/c17-12-4-6-14(7-5-12)28(26,27)18-9-8-15(22)19-20-16(23)11-2-1-3-13(10-11)21(24)25/h1-7,10,18H,8-9H2,(H,19,22)(H,20,23). The van der Waals surface area contributed by atoms with Gasteiger partial charge in [-0.25, -0.2) is 17.5 Å². The molecule has 0 aliphatic carbocycles. The quantitative estimate of drug-likeness (QED) is 0.456. The fraction of sp³-hybridized carbons (Fsp3) is 0.125. The number of hydrogen-bond donors (Lipinski definition) is 3. The number of benzene rings is 2. The Kier molecular flexibility index (Phi) is 6.74. The number of hydrazine groups is 1. The number of non-ortho nitro benzene ring substituents is 1. The van der Waals surface area contributed by atoms with Gasteiger partial charge in [-0.15, -0.1) is 0 Å². The number of amides is 2. The van der Waals surface area contributed by atoms with Gasteiger partial charge in [0.15, 0.2) is 0 Å². The summed E-state index contributed by atoms with van der Waals surface area (Å²) < 4.78 is 38.9. The number of nitrogens with zero attached hydrogens (tertiary/aromatic N) is 1. The van der Waals surface area contributed by atoms with Crippen LogP contribution in [0, 0.1) is 15.9 Å². The van der Waals surface area contributed by atoms with Gasteiger partial charge in [0.1, 0.15) is 5.82 Å². The van der Waals surface area contributed by atoms with E-state index < -0.39 is 32.6 Å². The lowest BCUT2D eigenvalue weighted by Crippen LogP contribution is -2.42. The second-order valence-corrected chi connectivity index (χ2v) is 7.18. The molecule has 0 saturated carbocycles. The molecule has 0 aliphatic heterocycles. The van der Waals surface area contributed by atoms with Crippen molar-refractivity contribution in [1.29, 1.82) is 0 Å². The minimum Gasteiger partial charge on any atom is -0.273 e. The predicted molar refractivity (Wildman–Crippen MR) is 94.9 cm³/mol. The van der Waals surface area contributed by atoms with Gasteiger partial charge in [0, 0.05) is 30.7 Å². The lowest BCUT2D eigenvalue weighted by atomic mass is 10.2. The first kappa shape index (κ1) is 20.9. The molecular formula is C16H15FN4O6S. The molecule has 2 amide bonds. The average molecular weight is 410 g/mol. The molecule has 3 N–H and O–H groups in total. The summed E-state index contributed by atoms with van der Waals surface area (Å²) in [7, 11) is -3.91. The topological polar surface area (TPSA) is 148 Å². The Balaban J connectivity index is 1.81. The largest absolute Gasteiger partial charge is 0.273 e. The molecule has 0 unspecified atom stereocenters. The smallest absolute Gasteiger partial charge is 0.270 e. The third kappa shape index (κ3) is 5.82. The lowest BCUT2D eigenvalue weighted by molar-refractivity contribution is -0.384. The zero-order chi connectivity index (χ0) is 20.7. The van der Waals surface area contributed by atoms with Crippen molar-refractivity contribution in [1.82, 2.24) is 15.6 Å². The van der Waals surface area contributed by atoms with Gasteiger partial charge in [0.25, 0.3) is 11.6 Å². The summed E-state index contributed by atoms with van der Waals surface area (Å²) in [5.41, 5.74) is 3.82. The van der Waals surface area contributed by atoms with Crippen molar-refractivity contribution >= 4 is 27.5 Å². The number of nitro benzene ring substituents is 1. The summed E-state index contributed by atoms with van der Waals surface area (Å²) in [6, 6.07) is 9.04. The summed E-state index contributed by atoms with van der Waals surface area (Å²) in [6.45, 7) is -0.266. The number of carbonyl (C=O) groups is 2. The van der Waals surface area contributed by atoms with E-state index in [1.165, 1.54) is 18.2 Å². The van der Waals surface area contributed by atoms with E-state index in [0.29, 0.717) is 0 Å². The number of halogens is 1. The fourth-order valence-corrected chi connectivity index (χ4v) is 3.05. The number of carbonyl (C=O) groups excluding carboxylic acids is 2. The van der Waals surface area contributed by atoms with Gasteiger partial charge >= 0.3 is 0 Å². The zero-order valence-electron chi connectivity index (χ0n) is 14.2. The van der Waals surface area contributed by atoms with Crippen LogP contribution >= 0.6 is 0 Å². The maximum Gasteiger partial charge on any atom is 0.270 e. The fourth-order valence-electron chi connectivity index (χ4n) is 2.02. The van der Waals surface area contributed by atoms with Crippen LogP contribution in [-0.4, -0.2) is 31.7 Å². The van der Waals surface area contributed by atoms with Gasteiger partial charge in [0.05, 0.1) is 9.82 Å². The van der Waals surface area contributed by atoms with Gasteiger partial charge in [-0.2, -0.15) is 0 Å². The number of sulfonamides is 1. The van der Waals surface area contributed by atoms with Gasteiger partial charge in [-0.3, -0.25) is 30.6 Å². The van der Waals surface area contributed by atoms with Gasteiger partial charge in [0.2, 0.25) is 15.9 Å². The predicted octanol–water partition coefficient (Wildman–Crippen LogP) is 0.863. The molecule has 0 spiro atoms. The maximum atomic E-state index is 12.8. The Morgan fingerprint density at radius 2 is 1.75 bits per heavy atom. The zero-order valence-corrected chi connectivity index (χ0v) is 15.0. The van der Waals surface area contributed by atoms with E-state index in [9.17, 15) is 32.5 Å². The molecule has 0 atom stereocenters. The van der Waals surface area contributed by atoms with Gasteiger partial charge in [-0.1, -0.05) is 6.07 Å². The highest BCUT2D eigenvalue weighted by molar-refractivity contribution is 7.89. The number of nitro groups is 1. The van der Waals surface area contributed by atoms with Crippen LogP contribution in [0.1, 0.15) is 16.8 Å². The van der Waals surface area contributed by atoms with Gasteiger partial charge in [-0.05, 0) is 30.3 Å². The monoisotopic (exact) mass is 410 g/mol. The second kappa shape index (κ2) is 9.01. The van der Waals surface area contributed by atoms with Crippen LogP contribution in [0.3, 0.4) is 0 Å². The molecule has 0 heterocycles. The molecule has 2 rings (SSSR count). The van der Waals surface area contributed by atoms with E-state index in [0.717, 1.165) is 30.3 Å². The Morgan fingerprint density at radius 3 is 2.39 bits per heavy atom. The third-order valence-electron chi connectivity index (χ3n) is 3.40. The van der Waals surface area contributed by atoms with Crippen LogP contribution in [0.25, 0.3) is 0 Å². The lowest BCUT2D eigenvalue weighted by Gasteiger charge is -2.09. The van der Waals surface area contributed by atoms with Crippen LogP contribution in [0.2, 0.25) is 0 Å². The van der Waals surface area contributed by atoms with Gasteiger partial charge < -0.3 is 0 Å². The highest BCUT2D eigenvalue weighted by Gasteiger charge is 2.15. The van der Waals surface area contributed by atoms with Crippen molar-refractivity contribution < 1.29 is 27.3 Å². The molecule has 0 aliphatic rings. The van der Waals surface area contributed by atoms with E-state index in [-0.39, 0.29) is 29.1 Å². The number of hydrogen-bond acceptors (Lipinski definition) is 6. The van der Waals surface area contributed by atoms with Crippen molar-refractivity contribution in [3.63, 3.8) is 0 Å². The van der Waals surface area contributed by atoms with Crippen molar-refractivity contribution in [3.8, 4) is 0 Å². The molecule has 2 aromatic rings.